The Balaban J connectivity index is 1.51. The second kappa shape index (κ2) is 6.59. The van der Waals surface area contributed by atoms with Gasteiger partial charge in [0.05, 0.1) is 6.33 Å². The van der Waals surface area contributed by atoms with Crippen LogP contribution in [0.5, 0.6) is 0 Å². The van der Waals surface area contributed by atoms with Crippen molar-refractivity contribution in [2.45, 2.75) is 25.3 Å². The van der Waals surface area contributed by atoms with Gasteiger partial charge < -0.3 is 19.4 Å². The Kier molecular flexibility index (Phi) is 4.36. The van der Waals surface area contributed by atoms with Crippen molar-refractivity contribution < 1.29 is 4.79 Å². The summed E-state index contributed by atoms with van der Waals surface area (Å²) in [6, 6.07) is -0.00742. The predicted molar refractivity (Wildman–Crippen MR) is 80.2 cm³/mol. The van der Waals surface area contributed by atoms with Gasteiger partial charge in [0, 0.05) is 51.5 Å². The lowest BCUT2D eigenvalue weighted by Gasteiger charge is -2.32. The van der Waals surface area contributed by atoms with Gasteiger partial charge in [-0.15, -0.1) is 10.2 Å². The maximum absolute atomic E-state index is 12.3. The molecule has 8 nitrogen and oxygen atoms in total. The average Bonchev–Trinajstić information content (AvgIpc) is 3.19. The van der Waals surface area contributed by atoms with Crippen LogP contribution < -0.4 is 5.32 Å². The van der Waals surface area contributed by atoms with Crippen molar-refractivity contribution in [2.24, 2.45) is 7.05 Å². The highest BCUT2D eigenvalue weighted by atomic mass is 16.2. The van der Waals surface area contributed by atoms with Gasteiger partial charge >= 0.3 is 6.03 Å². The van der Waals surface area contributed by atoms with Gasteiger partial charge in [0.25, 0.3) is 0 Å². The van der Waals surface area contributed by atoms with Crippen molar-refractivity contribution in [3.05, 3.63) is 30.9 Å². The molecule has 22 heavy (non-hydrogen) atoms. The van der Waals surface area contributed by atoms with Gasteiger partial charge in [0.1, 0.15) is 12.2 Å². The molecular formula is C14H21N7O. The molecule has 1 fully saturated rings. The summed E-state index contributed by atoms with van der Waals surface area (Å²) in [4.78, 5) is 18.1. The highest BCUT2D eigenvalue weighted by Crippen LogP contribution is 2.24. The van der Waals surface area contributed by atoms with Crippen molar-refractivity contribution in [3.63, 3.8) is 0 Å². The maximum atomic E-state index is 12.3. The minimum Gasteiger partial charge on any atom is -0.336 e. The second-order valence-corrected chi connectivity index (χ2v) is 5.62. The van der Waals surface area contributed by atoms with Crippen LogP contribution in [0.15, 0.2) is 25.0 Å². The van der Waals surface area contributed by atoms with E-state index in [1.54, 1.807) is 18.9 Å². The molecule has 1 atom stereocenters. The Morgan fingerprint density at radius 2 is 2.36 bits per heavy atom. The lowest BCUT2D eigenvalue weighted by atomic mass is 9.97. The van der Waals surface area contributed by atoms with Crippen LogP contribution >= 0.6 is 0 Å². The molecule has 2 aromatic rings. The molecule has 8 heteroatoms. The van der Waals surface area contributed by atoms with Crippen LogP contribution in [0.2, 0.25) is 0 Å². The fraction of sp³-hybridized carbons (Fsp3) is 0.571. The molecule has 1 aliphatic rings. The molecular weight excluding hydrogens is 282 g/mol. The van der Waals surface area contributed by atoms with Crippen LogP contribution in [0.3, 0.4) is 0 Å². The molecule has 1 saturated heterocycles. The van der Waals surface area contributed by atoms with Crippen molar-refractivity contribution in [1.29, 1.82) is 0 Å². The zero-order valence-corrected chi connectivity index (χ0v) is 12.7. The van der Waals surface area contributed by atoms with Crippen LogP contribution in [0.4, 0.5) is 4.79 Å². The quantitative estimate of drug-likeness (QED) is 0.897. The molecule has 2 aromatic heterocycles. The van der Waals surface area contributed by atoms with E-state index in [1.165, 1.54) is 0 Å². The summed E-state index contributed by atoms with van der Waals surface area (Å²) in [5.74, 6) is 1.22. The number of carbonyl (C=O) groups excluding carboxylic acids is 1. The molecule has 1 aliphatic heterocycles. The monoisotopic (exact) mass is 303 g/mol. The third kappa shape index (κ3) is 3.26. The summed E-state index contributed by atoms with van der Waals surface area (Å²) in [5.41, 5.74) is 0. The second-order valence-electron chi connectivity index (χ2n) is 5.62. The number of hydrogen-bond donors (Lipinski definition) is 1. The van der Waals surface area contributed by atoms with Crippen molar-refractivity contribution in [1.82, 2.24) is 34.5 Å². The minimum absolute atomic E-state index is 0.00742. The van der Waals surface area contributed by atoms with E-state index in [4.69, 9.17) is 0 Å². The SMILES string of the molecule is Cn1cnnc1[C@@H]1CCCN(C(=O)NCCn2ccnc2)C1. The van der Waals surface area contributed by atoms with Gasteiger partial charge in [-0.2, -0.15) is 0 Å². The molecule has 3 heterocycles. The van der Waals surface area contributed by atoms with E-state index < -0.39 is 0 Å². The summed E-state index contributed by atoms with van der Waals surface area (Å²) in [7, 11) is 1.94. The standard InChI is InChI=1S/C14H21N7O/c1-19-11-17-18-13(19)12-3-2-6-21(9-12)14(22)16-5-8-20-7-4-15-10-20/h4,7,10-12H,2-3,5-6,8-9H2,1H3,(H,16,22)/t12-/m1/s1. The number of likely N-dealkylation sites (tertiary alicyclic amines) is 1. The van der Waals surface area contributed by atoms with Crippen LogP contribution in [-0.4, -0.2) is 54.9 Å². The first-order chi connectivity index (χ1) is 10.7. The Hall–Kier alpha value is -2.38. The molecule has 0 unspecified atom stereocenters. The zero-order valence-electron chi connectivity index (χ0n) is 12.7. The number of nitrogens with one attached hydrogen (secondary N) is 1. The Morgan fingerprint density at radius 1 is 1.45 bits per heavy atom. The zero-order chi connectivity index (χ0) is 15.4. The fourth-order valence-corrected chi connectivity index (χ4v) is 2.86. The molecule has 0 aliphatic carbocycles. The topological polar surface area (TPSA) is 80.9 Å². The smallest absolute Gasteiger partial charge is 0.317 e. The largest absolute Gasteiger partial charge is 0.336 e. The number of hydrogen-bond acceptors (Lipinski definition) is 4. The summed E-state index contributed by atoms with van der Waals surface area (Å²) in [5, 5.41) is 11.1. The normalized spacial score (nSPS) is 18.4. The van der Waals surface area contributed by atoms with Crippen LogP contribution in [0, 0.1) is 0 Å². The van der Waals surface area contributed by atoms with E-state index >= 15 is 0 Å². The van der Waals surface area contributed by atoms with Gasteiger partial charge in [-0.3, -0.25) is 0 Å². The van der Waals surface area contributed by atoms with Gasteiger partial charge in [0.2, 0.25) is 0 Å². The molecule has 0 bridgehead atoms. The van der Waals surface area contributed by atoms with Crippen LogP contribution in [-0.2, 0) is 13.6 Å². The van der Waals surface area contributed by atoms with E-state index in [0.29, 0.717) is 13.1 Å². The van der Waals surface area contributed by atoms with E-state index in [0.717, 1.165) is 31.8 Å². The van der Waals surface area contributed by atoms with Gasteiger partial charge in [-0.1, -0.05) is 0 Å². The lowest BCUT2D eigenvalue weighted by Crippen LogP contribution is -2.46. The van der Waals surface area contributed by atoms with Crippen molar-refractivity contribution >= 4 is 6.03 Å². The number of rotatable bonds is 4. The summed E-state index contributed by atoms with van der Waals surface area (Å²) in [6.07, 6.45) is 9.11. The predicted octanol–water partition coefficient (Wildman–Crippen LogP) is 0.601. The summed E-state index contributed by atoms with van der Waals surface area (Å²) in [6.45, 7) is 2.82. The minimum atomic E-state index is -0.00742. The van der Waals surface area contributed by atoms with Crippen LogP contribution in [0.25, 0.3) is 0 Å². The number of aryl methyl sites for hydroxylation is 1. The number of aromatic nitrogens is 5. The Morgan fingerprint density at radius 3 is 3.09 bits per heavy atom. The number of piperidine rings is 1. The number of carbonyl (C=O) groups is 1. The van der Waals surface area contributed by atoms with Crippen molar-refractivity contribution in [3.8, 4) is 0 Å². The van der Waals surface area contributed by atoms with Crippen LogP contribution in [0.1, 0.15) is 24.6 Å². The Labute approximate surface area is 129 Å². The molecule has 2 amide bonds. The fourth-order valence-electron chi connectivity index (χ4n) is 2.86. The molecule has 0 spiro atoms. The first-order valence-corrected chi connectivity index (χ1v) is 7.56. The third-order valence-corrected chi connectivity index (χ3v) is 4.03. The highest BCUT2D eigenvalue weighted by Gasteiger charge is 2.27. The molecule has 1 N–H and O–H groups in total. The highest BCUT2D eigenvalue weighted by molar-refractivity contribution is 5.74. The van der Waals surface area contributed by atoms with Crippen molar-refractivity contribution in [2.75, 3.05) is 19.6 Å². The van der Waals surface area contributed by atoms with E-state index in [9.17, 15) is 4.79 Å². The maximum Gasteiger partial charge on any atom is 0.317 e. The number of amides is 2. The van der Waals surface area contributed by atoms with E-state index in [2.05, 4.69) is 20.5 Å². The molecule has 3 rings (SSSR count). The first-order valence-electron chi connectivity index (χ1n) is 7.56. The molecule has 0 aromatic carbocycles. The molecule has 0 saturated carbocycles. The lowest BCUT2D eigenvalue weighted by molar-refractivity contribution is 0.177. The summed E-state index contributed by atoms with van der Waals surface area (Å²) >= 11 is 0. The van der Waals surface area contributed by atoms with Gasteiger partial charge in [-0.05, 0) is 12.8 Å². The number of nitrogens with zero attached hydrogens (tertiary/aromatic N) is 6. The molecule has 118 valence electrons. The first kappa shape index (κ1) is 14.6. The van der Waals surface area contributed by atoms with Gasteiger partial charge in [0.15, 0.2) is 0 Å². The van der Waals surface area contributed by atoms with E-state index in [1.807, 2.05) is 27.3 Å². The molecule has 0 radical (unpaired) electrons. The van der Waals surface area contributed by atoms with Gasteiger partial charge in [-0.25, -0.2) is 9.78 Å². The number of urea groups is 1. The van der Waals surface area contributed by atoms with E-state index in [-0.39, 0.29) is 11.9 Å². The third-order valence-electron chi connectivity index (χ3n) is 4.03. The average molecular weight is 303 g/mol. The Bertz CT molecular complexity index is 606. The number of imidazole rings is 1. The summed E-state index contributed by atoms with van der Waals surface area (Å²) < 4.78 is 3.88.